The largest absolute Gasteiger partial charge is 0.378 e. The molecule has 2 aliphatic rings. The third kappa shape index (κ3) is 3.96. The zero-order valence-corrected chi connectivity index (χ0v) is 12.5. The van der Waals surface area contributed by atoms with Crippen LogP contribution in [0.3, 0.4) is 0 Å². The van der Waals surface area contributed by atoms with Crippen LogP contribution in [-0.2, 0) is 4.74 Å². The van der Waals surface area contributed by atoms with Crippen LogP contribution in [0.15, 0.2) is 0 Å². The first kappa shape index (κ1) is 14.3. The summed E-state index contributed by atoms with van der Waals surface area (Å²) in [4.78, 5) is 0. The summed E-state index contributed by atoms with van der Waals surface area (Å²) in [7, 11) is 0. The second-order valence-electron chi connectivity index (χ2n) is 6.96. The lowest BCUT2D eigenvalue weighted by Gasteiger charge is -2.33. The molecule has 2 nitrogen and oxygen atoms in total. The fraction of sp³-hybridized carbons (Fsp3) is 1.00. The zero-order valence-electron chi connectivity index (χ0n) is 12.5. The molecule has 2 unspecified atom stereocenters. The van der Waals surface area contributed by atoms with E-state index in [9.17, 15) is 0 Å². The van der Waals surface area contributed by atoms with E-state index in [2.05, 4.69) is 26.1 Å². The Morgan fingerprint density at radius 3 is 2.50 bits per heavy atom. The van der Waals surface area contributed by atoms with Crippen LogP contribution in [0.4, 0.5) is 0 Å². The van der Waals surface area contributed by atoms with Gasteiger partial charge in [-0.2, -0.15) is 0 Å². The molecule has 2 heteroatoms. The summed E-state index contributed by atoms with van der Waals surface area (Å²) in [6.45, 7) is 10.2. The van der Waals surface area contributed by atoms with E-state index in [-0.39, 0.29) is 0 Å². The molecule has 1 aliphatic carbocycles. The monoisotopic (exact) mass is 253 g/mol. The van der Waals surface area contributed by atoms with E-state index < -0.39 is 0 Å². The number of hydrogen-bond donors (Lipinski definition) is 1. The van der Waals surface area contributed by atoms with Crippen molar-refractivity contribution in [2.45, 2.75) is 59.0 Å². The van der Waals surface area contributed by atoms with Gasteiger partial charge in [-0.1, -0.05) is 33.6 Å². The van der Waals surface area contributed by atoms with Crippen LogP contribution in [-0.4, -0.2) is 25.8 Å². The minimum atomic E-state index is 0.553. The summed E-state index contributed by atoms with van der Waals surface area (Å²) in [6, 6.07) is 0. The van der Waals surface area contributed by atoms with Crippen LogP contribution in [0.25, 0.3) is 0 Å². The molecule has 18 heavy (non-hydrogen) atoms. The Hall–Kier alpha value is -0.0800. The van der Waals surface area contributed by atoms with Crippen molar-refractivity contribution in [2.75, 3.05) is 19.7 Å². The Morgan fingerprint density at radius 2 is 1.83 bits per heavy atom. The second kappa shape index (κ2) is 6.91. The first-order valence-electron chi connectivity index (χ1n) is 7.99. The number of rotatable bonds is 5. The van der Waals surface area contributed by atoms with Gasteiger partial charge in [0.25, 0.3) is 0 Å². The molecule has 2 atom stereocenters. The highest BCUT2D eigenvalue weighted by molar-refractivity contribution is 4.86. The van der Waals surface area contributed by atoms with Gasteiger partial charge < -0.3 is 10.1 Å². The predicted octanol–water partition coefficient (Wildman–Crippen LogP) is 3.46. The number of ether oxygens (including phenoxy) is 1. The Balaban J connectivity index is 1.76. The third-order valence-corrected chi connectivity index (χ3v) is 4.75. The molecule has 1 saturated carbocycles. The first-order chi connectivity index (χ1) is 8.66. The van der Waals surface area contributed by atoms with E-state index in [1.165, 1.54) is 32.1 Å². The molecule has 1 N–H and O–H groups in total. The van der Waals surface area contributed by atoms with Gasteiger partial charge in [0.15, 0.2) is 0 Å². The van der Waals surface area contributed by atoms with Gasteiger partial charge in [-0.15, -0.1) is 0 Å². The quantitative estimate of drug-likeness (QED) is 0.810. The summed E-state index contributed by atoms with van der Waals surface area (Å²) in [5.74, 6) is 3.30. The summed E-state index contributed by atoms with van der Waals surface area (Å²) >= 11 is 0. The SMILES string of the molecule is CC(C)CNCC1CCOC1C1CCC(C)CC1. The molecule has 0 bridgehead atoms. The van der Waals surface area contributed by atoms with E-state index >= 15 is 0 Å². The van der Waals surface area contributed by atoms with E-state index in [0.717, 1.165) is 43.4 Å². The van der Waals surface area contributed by atoms with Crippen molar-refractivity contribution >= 4 is 0 Å². The lowest BCUT2D eigenvalue weighted by molar-refractivity contribution is 0.0215. The maximum absolute atomic E-state index is 6.06. The second-order valence-corrected chi connectivity index (χ2v) is 6.96. The van der Waals surface area contributed by atoms with E-state index in [4.69, 9.17) is 4.74 Å². The van der Waals surface area contributed by atoms with Crippen molar-refractivity contribution < 1.29 is 4.74 Å². The highest BCUT2D eigenvalue weighted by atomic mass is 16.5. The summed E-state index contributed by atoms with van der Waals surface area (Å²) < 4.78 is 6.06. The van der Waals surface area contributed by atoms with Crippen molar-refractivity contribution in [3.63, 3.8) is 0 Å². The Bertz CT molecular complexity index is 233. The molecule has 0 amide bonds. The van der Waals surface area contributed by atoms with Gasteiger partial charge in [0.2, 0.25) is 0 Å². The maximum atomic E-state index is 6.06. The minimum absolute atomic E-state index is 0.553. The van der Waals surface area contributed by atoms with Crippen molar-refractivity contribution in [1.29, 1.82) is 0 Å². The molecule has 0 aromatic rings. The lowest BCUT2D eigenvalue weighted by atomic mass is 9.77. The third-order valence-electron chi connectivity index (χ3n) is 4.75. The Kier molecular flexibility index (Phi) is 5.50. The van der Waals surface area contributed by atoms with Gasteiger partial charge >= 0.3 is 0 Å². The molecule has 0 radical (unpaired) electrons. The molecule has 1 heterocycles. The first-order valence-corrected chi connectivity index (χ1v) is 7.99. The molecule has 0 spiro atoms. The molecular weight excluding hydrogens is 222 g/mol. The molecule has 106 valence electrons. The van der Waals surface area contributed by atoms with Gasteiger partial charge in [0.05, 0.1) is 6.10 Å². The smallest absolute Gasteiger partial charge is 0.0644 e. The van der Waals surface area contributed by atoms with Crippen molar-refractivity contribution in [3.8, 4) is 0 Å². The highest BCUT2D eigenvalue weighted by Gasteiger charge is 2.35. The maximum Gasteiger partial charge on any atom is 0.0644 e. The Labute approximate surface area is 113 Å². The van der Waals surface area contributed by atoms with Crippen molar-refractivity contribution in [2.24, 2.45) is 23.7 Å². The van der Waals surface area contributed by atoms with Crippen LogP contribution in [0.5, 0.6) is 0 Å². The van der Waals surface area contributed by atoms with Crippen molar-refractivity contribution in [1.82, 2.24) is 5.32 Å². The van der Waals surface area contributed by atoms with Gasteiger partial charge in [-0.25, -0.2) is 0 Å². The summed E-state index contributed by atoms with van der Waals surface area (Å²) in [5, 5.41) is 3.62. The molecule has 2 fully saturated rings. The van der Waals surface area contributed by atoms with Gasteiger partial charge in [0, 0.05) is 19.1 Å². The molecular formula is C16H31NO. The average Bonchev–Trinajstić information content (AvgIpc) is 2.78. The van der Waals surface area contributed by atoms with E-state index in [1.807, 2.05) is 0 Å². The average molecular weight is 253 g/mol. The van der Waals surface area contributed by atoms with Crippen LogP contribution in [0, 0.1) is 23.7 Å². The van der Waals surface area contributed by atoms with Crippen LogP contribution in [0.1, 0.15) is 52.9 Å². The standard InChI is InChI=1S/C16H31NO/c1-12(2)10-17-11-15-8-9-18-16(15)14-6-4-13(3)5-7-14/h12-17H,4-11H2,1-3H3. The number of hydrogen-bond acceptors (Lipinski definition) is 2. The van der Waals surface area contributed by atoms with Gasteiger partial charge in [0.1, 0.15) is 0 Å². The van der Waals surface area contributed by atoms with E-state index in [1.54, 1.807) is 0 Å². The summed E-state index contributed by atoms with van der Waals surface area (Å²) in [5.41, 5.74) is 0. The fourth-order valence-electron chi connectivity index (χ4n) is 3.57. The molecule has 1 aliphatic heterocycles. The minimum Gasteiger partial charge on any atom is -0.378 e. The zero-order chi connectivity index (χ0) is 13.0. The fourth-order valence-corrected chi connectivity index (χ4v) is 3.57. The number of nitrogens with one attached hydrogen (secondary N) is 1. The molecule has 1 saturated heterocycles. The van der Waals surface area contributed by atoms with Crippen LogP contribution in [0.2, 0.25) is 0 Å². The molecule has 2 rings (SSSR count). The summed E-state index contributed by atoms with van der Waals surface area (Å²) in [6.07, 6.45) is 7.44. The van der Waals surface area contributed by atoms with E-state index in [0.29, 0.717) is 6.10 Å². The van der Waals surface area contributed by atoms with Crippen LogP contribution >= 0.6 is 0 Å². The normalized spacial score (nSPS) is 37.3. The highest BCUT2D eigenvalue weighted by Crippen LogP contribution is 2.37. The predicted molar refractivity (Wildman–Crippen MR) is 76.7 cm³/mol. The Morgan fingerprint density at radius 1 is 1.11 bits per heavy atom. The van der Waals surface area contributed by atoms with Crippen molar-refractivity contribution in [3.05, 3.63) is 0 Å². The van der Waals surface area contributed by atoms with Gasteiger partial charge in [-0.3, -0.25) is 0 Å². The van der Waals surface area contributed by atoms with Crippen LogP contribution < -0.4 is 5.32 Å². The lowest BCUT2D eigenvalue weighted by Crippen LogP contribution is -2.36. The molecule has 0 aromatic carbocycles. The molecule has 0 aromatic heterocycles. The topological polar surface area (TPSA) is 21.3 Å². The van der Waals surface area contributed by atoms with Gasteiger partial charge in [-0.05, 0) is 43.6 Å².